The van der Waals surface area contributed by atoms with Crippen molar-refractivity contribution in [2.75, 3.05) is 19.1 Å². The predicted octanol–water partition coefficient (Wildman–Crippen LogP) is 1.75. The highest BCUT2D eigenvalue weighted by molar-refractivity contribution is 8.76. The van der Waals surface area contributed by atoms with Gasteiger partial charge in [-0.3, -0.25) is 0 Å². The second-order valence-corrected chi connectivity index (χ2v) is 4.58. The van der Waals surface area contributed by atoms with Crippen molar-refractivity contribution in [3.63, 3.8) is 0 Å². The topological polar surface area (TPSA) is 48.1 Å². The van der Waals surface area contributed by atoms with Crippen LogP contribution in [0, 0.1) is 0 Å². The molecule has 0 unspecified atom stereocenters. The summed E-state index contributed by atoms with van der Waals surface area (Å²) in [7, 11) is 3.38. The summed E-state index contributed by atoms with van der Waals surface area (Å²) in [5.74, 6) is 0.929. The summed E-state index contributed by atoms with van der Waals surface area (Å²) in [4.78, 5) is 4.17. The van der Waals surface area contributed by atoms with Crippen molar-refractivity contribution in [1.29, 1.82) is 0 Å². The van der Waals surface area contributed by atoms with Crippen LogP contribution in [0.2, 0.25) is 0 Å². The minimum absolute atomic E-state index is 0.300. The Hall–Kier alpha value is -0.230. The van der Waals surface area contributed by atoms with Gasteiger partial charge in [0, 0.05) is 11.9 Å². The smallest absolute Gasteiger partial charge is 0.106 e. The van der Waals surface area contributed by atoms with Crippen molar-refractivity contribution in [2.45, 2.75) is 5.03 Å². The minimum atomic E-state index is 0.300. The zero-order valence-electron chi connectivity index (χ0n) is 7.18. The molecule has 1 rings (SSSR count). The van der Waals surface area contributed by atoms with Gasteiger partial charge in [0.25, 0.3) is 0 Å². The van der Waals surface area contributed by atoms with Gasteiger partial charge in [0.05, 0.1) is 13.3 Å². The average Bonchev–Trinajstić information content (AvgIpc) is 2.19. The van der Waals surface area contributed by atoms with Gasteiger partial charge >= 0.3 is 0 Å². The summed E-state index contributed by atoms with van der Waals surface area (Å²) in [5.41, 5.74) is 5.17. The first-order valence-corrected chi connectivity index (χ1v) is 6.23. The van der Waals surface area contributed by atoms with Gasteiger partial charge in [0.15, 0.2) is 0 Å². The molecule has 5 heteroatoms. The maximum Gasteiger partial charge on any atom is 0.106 e. The van der Waals surface area contributed by atoms with E-state index in [1.54, 1.807) is 27.8 Å². The third-order valence-electron chi connectivity index (χ3n) is 1.21. The number of hydrogen-bond acceptors (Lipinski definition) is 5. The normalized spacial score (nSPS) is 10.2. The highest BCUT2D eigenvalue weighted by atomic mass is 33.1. The van der Waals surface area contributed by atoms with E-state index in [1.807, 2.05) is 18.2 Å². The Bertz CT molecular complexity index is 221. The van der Waals surface area contributed by atoms with Gasteiger partial charge in [-0.1, -0.05) is 16.9 Å². The van der Waals surface area contributed by atoms with Crippen LogP contribution in [0.4, 0.5) is 0 Å². The molecule has 3 nitrogen and oxygen atoms in total. The Morgan fingerprint density at radius 3 is 3.08 bits per heavy atom. The lowest BCUT2D eigenvalue weighted by molar-refractivity contribution is 0.157. The van der Waals surface area contributed by atoms with Crippen molar-refractivity contribution in [2.24, 2.45) is 5.73 Å². The maximum atomic E-state index is 5.17. The summed E-state index contributed by atoms with van der Waals surface area (Å²) >= 11 is 0. The maximum absolute atomic E-state index is 5.17. The highest BCUT2D eigenvalue weighted by Gasteiger charge is 1.93. The Balaban J connectivity index is 2.07. The first kappa shape index (κ1) is 10.8. The monoisotopic (exact) mass is 216 g/mol. The summed E-state index contributed by atoms with van der Waals surface area (Å²) in [5, 5.41) is 1.03. The number of ether oxygens (including phenoxy) is 1. The van der Waals surface area contributed by atoms with Crippen LogP contribution in [-0.4, -0.2) is 24.1 Å². The fourth-order valence-corrected chi connectivity index (χ4v) is 2.41. The lowest BCUT2D eigenvalue weighted by atomic mass is 10.5. The molecule has 1 heterocycles. The highest BCUT2D eigenvalue weighted by Crippen LogP contribution is 2.28. The van der Waals surface area contributed by atoms with E-state index in [0.717, 1.165) is 10.8 Å². The number of hydrogen-bond donors (Lipinski definition) is 1. The number of rotatable bonds is 6. The van der Waals surface area contributed by atoms with E-state index in [0.29, 0.717) is 13.3 Å². The molecule has 0 bridgehead atoms. The molecule has 0 spiro atoms. The number of nitrogens with zero attached hydrogens (tertiary/aromatic N) is 1. The van der Waals surface area contributed by atoms with E-state index in [4.69, 9.17) is 10.5 Å². The van der Waals surface area contributed by atoms with Crippen LogP contribution >= 0.6 is 21.6 Å². The summed E-state index contributed by atoms with van der Waals surface area (Å²) in [6.07, 6.45) is 1.79. The third kappa shape index (κ3) is 5.15. The zero-order valence-corrected chi connectivity index (χ0v) is 8.81. The molecule has 0 aromatic carbocycles. The molecular weight excluding hydrogens is 204 g/mol. The molecule has 0 radical (unpaired) electrons. The Morgan fingerprint density at radius 1 is 1.46 bits per heavy atom. The molecule has 72 valence electrons. The van der Waals surface area contributed by atoms with Crippen molar-refractivity contribution < 1.29 is 4.74 Å². The molecule has 0 atom stereocenters. The fraction of sp³-hybridized carbons (Fsp3) is 0.375. The van der Waals surface area contributed by atoms with Crippen LogP contribution in [0.5, 0.6) is 0 Å². The van der Waals surface area contributed by atoms with E-state index in [-0.39, 0.29) is 0 Å². The van der Waals surface area contributed by atoms with Crippen LogP contribution in [0.15, 0.2) is 29.4 Å². The third-order valence-corrected chi connectivity index (χ3v) is 3.44. The largest absolute Gasteiger partial charge is 0.366 e. The van der Waals surface area contributed by atoms with Gasteiger partial charge in [-0.2, -0.15) is 0 Å². The fourth-order valence-electron chi connectivity index (χ4n) is 0.675. The lowest BCUT2D eigenvalue weighted by Gasteiger charge is -2.00. The molecule has 2 N–H and O–H groups in total. The first-order valence-electron chi connectivity index (χ1n) is 3.92. The molecule has 1 aromatic rings. The van der Waals surface area contributed by atoms with Crippen LogP contribution < -0.4 is 5.73 Å². The van der Waals surface area contributed by atoms with Crippen LogP contribution in [-0.2, 0) is 4.74 Å². The van der Waals surface area contributed by atoms with Gasteiger partial charge < -0.3 is 10.5 Å². The molecule has 0 aliphatic heterocycles. The van der Waals surface area contributed by atoms with E-state index in [9.17, 15) is 0 Å². The molecular formula is C8H12N2OS2. The van der Waals surface area contributed by atoms with Crippen molar-refractivity contribution in [3.05, 3.63) is 24.4 Å². The van der Waals surface area contributed by atoms with Gasteiger partial charge in [-0.15, -0.1) is 0 Å². The summed E-state index contributed by atoms with van der Waals surface area (Å²) in [6.45, 7) is 0.996. The minimum Gasteiger partial charge on any atom is -0.366 e. The number of aromatic nitrogens is 1. The van der Waals surface area contributed by atoms with Gasteiger partial charge in [-0.25, -0.2) is 4.98 Å². The van der Waals surface area contributed by atoms with E-state index >= 15 is 0 Å². The Morgan fingerprint density at radius 2 is 2.38 bits per heavy atom. The molecule has 1 aromatic heterocycles. The standard InChI is InChI=1S/C8H12N2OS2/c9-7-11-5-6-12-13-8-3-1-2-4-10-8/h1-4H,5-7,9H2. The Kier molecular flexibility index (Phi) is 6.01. The molecule has 0 saturated carbocycles. The van der Waals surface area contributed by atoms with E-state index in [1.165, 1.54) is 0 Å². The van der Waals surface area contributed by atoms with Gasteiger partial charge in [0.1, 0.15) is 5.03 Å². The van der Waals surface area contributed by atoms with E-state index in [2.05, 4.69) is 4.98 Å². The molecule has 0 saturated heterocycles. The van der Waals surface area contributed by atoms with Crippen molar-refractivity contribution >= 4 is 21.6 Å². The second-order valence-electron chi connectivity index (χ2n) is 2.15. The number of pyridine rings is 1. The Labute approximate surface area is 85.8 Å². The second kappa shape index (κ2) is 7.20. The summed E-state index contributed by atoms with van der Waals surface area (Å²) in [6, 6.07) is 5.87. The first-order chi connectivity index (χ1) is 6.43. The summed E-state index contributed by atoms with van der Waals surface area (Å²) < 4.78 is 4.99. The molecule has 13 heavy (non-hydrogen) atoms. The lowest BCUT2D eigenvalue weighted by Crippen LogP contribution is -2.06. The predicted molar refractivity (Wildman–Crippen MR) is 57.6 cm³/mol. The average molecular weight is 216 g/mol. The van der Waals surface area contributed by atoms with Gasteiger partial charge in [0.2, 0.25) is 0 Å². The number of nitrogens with two attached hydrogens (primary N) is 1. The van der Waals surface area contributed by atoms with Crippen molar-refractivity contribution in [1.82, 2.24) is 4.98 Å². The zero-order chi connectivity index (χ0) is 9.36. The SMILES string of the molecule is NCOCCSSc1ccccn1. The van der Waals surface area contributed by atoms with Crippen LogP contribution in [0.3, 0.4) is 0 Å². The molecule has 0 aliphatic carbocycles. The van der Waals surface area contributed by atoms with Crippen LogP contribution in [0.1, 0.15) is 0 Å². The molecule has 0 fully saturated rings. The quantitative estimate of drug-likeness (QED) is 0.446. The van der Waals surface area contributed by atoms with Gasteiger partial charge in [-0.05, 0) is 22.9 Å². The molecule has 0 aliphatic rings. The molecule has 0 amide bonds. The van der Waals surface area contributed by atoms with E-state index < -0.39 is 0 Å². The van der Waals surface area contributed by atoms with Crippen molar-refractivity contribution in [3.8, 4) is 0 Å². The van der Waals surface area contributed by atoms with Crippen LogP contribution in [0.25, 0.3) is 0 Å².